The molecule has 1 aliphatic heterocycles. The van der Waals surface area contributed by atoms with Crippen molar-refractivity contribution in [2.24, 2.45) is 0 Å². The van der Waals surface area contributed by atoms with Crippen LogP contribution < -0.4 is 5.32 Å². The molecule has 1 heterocycles. The number of carbonyl (C=O) groups is 1. The van der Waals surface area contributed by atoms with E-state index in [9.17, 15) is 30.3 Å². The summed E-state index contributed by atoms with van der Waals surface area (Å²) in [5.74, 6) is -0.171. The van der Waals surface area contributed by atoms with Gasteiger partial charge in [-0.15, -0.1) is 0 Å². The van der Waals surface area contributed by atoms with Gasteiger partial charge in [-0.05, 0) is 19.3 Å². The Labute approximate surface area is 388 Å². The van der Waals surface area contributed by atoms with Crippen molar-refractivity contribution in [2.45, 2.75) is 314 Å². The van der Waals surface area contributed by atoms with E-state index in [0.29, 0.717) is 6.42 Å². The predicted octanol–water partition coefficient (Wildman–Crippen LogP) is 12.8. The number of aliphatic hydroxyl groups is 5. The van der Waals surface area contributed by atoms with E-state index >= 15 is 0 Å². The van der Waals surface area contributed by atoms with Gasteiger partial charge in [0.05, 0.1) is 25.4 Å². The molecule has 6 N–H and O–H groups in total. The lowest BCUT2D eigenvalue weighted by Crippen LogP contribution is -2.60. The average Bonchev–Trinajstić information content (AvgIpc) is 3.28. The Hall–Kier alpha value is -1.07. The third-order valence-electron chi connectivity index (χ3n) is 13.4. The molecule has 1 amide bonds. The smallest absolute Gasteiger partial charge is 0.220 e. The summed E-state index contributed by atoms with van der Waals surface area (Å²) >= 11 is 0. The van der Waals surface area contributed by atoms with Crippen LogP contribution in [0.15, 0.2) is 12.2 Å². The maximum Gasteiger partial charge on any atom is 0.220 e. The van der Waals surface area contributed by atoms with Crippen LogP contribution in [0.2, 0.25) is 0 Å². The summed E-state index contributed by atoms with van der Waals surface area (Å²) in [5.41, 5.74) is 0. The van der Waals surface area contributed by atoms with Crippen molar-refractivity contribution in [3.05, 3.63) is 12.2 Å². The summed E-state index contributed by atoms with van der Waals surface area (Å²) in [7, 11) is 0. The number of amides is 1. The first-order valence-electron chi connectivity index (χ1n) is 27.4. The number of rotatable bonds is 47. The minimum Gasteiger partial charge on any atom is -0.394 e. The molecule has 0 saturated carbocycles. The molecule has 0 aromatic carbocycles. The molecule has 7 atom stereocenters. The number of allylic oxidation sites excluding steroid dienone is 1. The van der Waals surface area contributed by atoms with Crippen molar-refractivity contribution in [1.29, 1.82) is 0 Å². The van der Waals surface area contributed by atoms with E-state index in [1.54, 1.807) is 6.08 Å². The van der Waals surface area contributed by atoms with E-state index in [-0.39, 0.29) is 12.5 Å². The third kappa shape index (κ3) is 34.8. The molecule has 0 aromatic heterocycles. The second-order valence-corrected chi connectivity index (χ2v) is 19.4. The summed E-state index contributed by atoms with van der Waals surface area (Å²) in [6.07, 6.45) is 47.0. The van der Waals surface area contributed by atoms with Gasteiger partial charge in [0.15, 0.2) is 6.29 Å². The normalized spacial score (nSPS) is 20.1. The van der Waals surface area contributed by atoms with E-state index < -0.39 is 49.5 Å². The third-order valence-corrected chi connectivity index (χ3v) is 13.4. The highest BCUT2D eigenvalue weighted by atomic mass is 16.7. The minimum absolute atomic E-state index is 0.171. The summed E-state index contributed by atoms with van der Waals surface area (Å²) in [5, 5.41) is 54.4. The lowest BCUT2D eigenvalue weighted by molar-refractivity contribution is -0.302. The van der Waals surface area contributed by atoms with Gasteiger partial charge in [0.25, 0.3) is 0 Å². The van der Waals surface area contributed by atoms with Crippen molar-refractivity contribution >= 4 is 5.91 Å². The molecule has 1 fully saturated rings. The molecule has 0 radical (unpaired) electrons. The fraction of sp³-hybridized carbons (Fsp3) is 0.944. The van der Waals surface area contributed by atoms with Crippen LogP contribution in [0.25, 0.3) is 0 Å². The van der Waals surface area contributed by atoms with Crippen LogP contribution >= 0.6 is 0 Å². The average molecular weight is 896 g/mol. The zero-order chi connectivity index (χ0) is 45.9. The van der Waals surface area contributed by atoms with Gasteiger partial charge in [-0.3, -0.25) is 4.79 Å². The van der Waals surface area contributed by atoms with E-state index in [0.717, 1.165) is 38.5 Å². The van der Waals surface area contributed by atoms with Crippen LogP contribution in [0.1, 0.15) is 271 Å². The van der Waals surface area contributed by atoms with Gasteiger partial charge < -0.3 is 40.3 Å². The number of hydrogen-bond donors (Lipinski definition) is 6. The summed E-state index contributed by atoms with van der Waals surface area (Å²) in [6.45, 7) is 3.81. The molecule has 374 valence electrons. The van der Waals surface area contributed by atoms with Crippen LogP contribution in [0.3, 0.4) is 0 Å². The Morgan fingerprint density at radius 3 is 1.24 bits per heavy atom. The minimum atomic E-state index is -1.56. The Kier molecular flexibility index (Phi) is 42.6. The first-order valence-corrected chi connectivity index (χ1v) is 27.4. The quantitative estimate of drug-likeness (QED) is 0.0261. The van der Waals surface area contributed by atoms with Crippen LogP contribution in [0.4, 0.5) is 0 Å². The topological polar surface area (TPSA) is 149 Å². The van der Waals surface area contributed by atoms with E-state index in [4.69, 9.17) is 9.47 Å². The molecule has 1 aliphatic rings. The molecule has 0 spiro atoms. The molecule has 0 bridgehead atoms. The number of nitrogens with one attached hydrogen (secondary N) is 1. The van der Waals surface area contributed by atoms with E-state index in [1.165, 1.54) is 212 Å². The van der Waals surface area contributed by atoms with Crippen LogP contribution in [0, 0.1) is 0 Å². The van der Waals surface area contributed by atoms with Gasteiger partial charge in [-0.2, -0.15) is 0 Å². The van der Waals surface area contributed by atoms with Crippen molar-refractivity contribution in [2.75, 3.05) is 13.2 Å². The Bertz CT molecular complexity index is 997. The Balaban J connectivity index is 2.23. The number of unbranched alkanes of at least 4 members (excludes halogenated alkanes) is 37. The fourth-order valence-electron chi connectivity index (χ4n) is 8.98. The monoisotopic (exact) mass is 896 g/mol. The lowest BCUT2D eigenvalue weighted by Gasteiger charge is -2.40. The van der Waals surface area contributed by atoms with Crippen molar-refractivity contribution in [1.82, 2.24) is 5.32 Å². The Morgan fingerprint density at radius 1 is 0.524 bits per heavy atom. The maximum atomic E-state index is 13.0. The maximum absolute atomic E-state index is 13.0. The van der Waals surface area contributed by atoms with Crippen LogP contribution in [-0.2, 0) is 14.3 Å². The SMILES string of the molecule is CCCCCCCCCCCCCCCCC/C=C/[C@@H](O)[C@H](CO[C@H]1O[C@@H](CO)[C@H](O)C(O)C1O)NC(=O)CCCCCCCCCCCCCCCCCCCCCCCCC. The molecular formula is C54H105NO8. The second kappa shape index (κ2) is 44.7. The van der Waals surface area contributed by atoms with Crippen LogP contribution in [0.5, 0.6) is 0 Å². The molecule has 1 rings (SSSR count). The zero-order valence-electron chi connectivity index (χ0n) is 41.4. The number of hydrogen-bond acceptors (Lipinski definition) is 8. The first kappa shape index (κ1) is 59.9. The highest BCUT2D eigenvalue weighted by molar-refractivity contribution is 5.76. The number of ether oxygens (including phenoxy) is 2. The molecular weight excluding hydrogens is 791 g/mol. The molecule has 0 aromatic rings. The largest absolute Gasteiger partial charge is 0.394 e. The molecule has 9 nitrogen and oxygen atoms in total. The number of aliphatic hydroxyl groups excluding tert-OH is 5. The predicted molar refractivity (Wildman–Crippen MR) is 263 cm³/mol. The van der Waals surface area contributed by atoms with Gasteiger partial charge >= 0.3 is 0 Å². The molecule has 9 heteroatoms. The van der Waals surface area contributed by atoms with E-state index in [1.807, 2.05) is 6.08 Å². The van der Waals surface area contributed by atoms with Crippen molar-refractivity contribution < 1.29 is 39.8 Å². The van der Waals surface area contributed by atoms with E-state index in [2.05, 4.69) is 19.2 Å². The fourth-order valence-corrected chi connectivity index (χ4v) is 8.98. The van der Waals surface area contributed by atoms with Gasteiger partial charge in [0.2, 0.25) is 5.91 Å². The summed E-state index contributed by atoms with van der Waals surface area (Å²) in [6, 6.07) is -0.799. The highest BCUT2D eigenvalue weighted by Crippen LogP contribution is 2.23. The molecule has 2 unspecified atom stereocenters. The standard InChI is InChI=1S/C54H105NO8/c1-3-5-7-9-11-13-15-17-19-21-22-23-24-25-26-28-30-32-34-36-38-40-42-44-50(58)55-47(46-62-54-53(61)52(60)51(59)49(45-56)63-54)48(57)43-41-39-37-35-33-31-29-27-20-18-16-14-12-10-8-6-4-2/h41,43,47-49,51-54,56-57,59-61H,3-40,42,44-46H2,1-2H3,(H,55,58)/b43-41+/t47-,48+,49-,51-,52?,53?,54-/m0/s1. The molecule has 63 heavy (non-hydrogen) atoms. The number of carbonyl (C=O) groups excluding carboxylic acids is 1. The van der Waals surface area contributed by atoms with Crippen molar-refractivity contribution in [3.63, 3.8) is 0 Å². The zero-order valence-corrected chi connectivity index (χ0v) is 41.4. The highest BCUT2D eigenvalue weighted by Gasteiger charge is 2.44. The Morgan fingerprint density at radius 2 is 0.873 bits per heavy atom. The van der Waals surface area contributed by atoms with Crippen LogP contribution in [-0.4, -0.2) is 87.5 Å². The lowest BCUT2D eigenvalue weighted by atomic mass is 9.99. The van der Waals surface area contributed by atoms with Gasteiger partial charge in [-0.1, -0.05) is 257 Å². The summed E-state index contributed by atoms with van der Waals surface area (Å²) in [4.78, 5) is 13.0. The molecule has 1 saturated heterocycles. The van der Waals surface area contributed by atoms with Gasteiger partial charge in [-0.25, -0.2) is 0 Å². The molecule has 0 aliphatic carbocycles. The second-order valence-electron chi connectivity index (χ2n) is 19.4. The van der Waals surface area contributed by atoms with Gasteiger partial charge in [0.1, 0.15) is 24.4 Å². The summed E-state index contributed by atoms with van der Waals surface area (Å²) < 4.78 is 11.3. The van der Waals surface area contributed by atoms with Crippen molar-refractivity contribution in [3.8, 4) is 0 Å². The van der Waals surface area contributed by atoms with Gasteiger partial charge in [0, 0.05) is 6.42 Å². The first-order chi connectivity index (χ1) is 30.8.